The molecule has 1 aliphatic carbocycles. The first-order valence-electron chi connectivity index (χ1n) is 8.60. The Balaban J connectivity index is 1.67. The maximum atomic E-state index is 3.84. The average Bonchev–Trinajstić information content (AvgIpc) is 3.28. The van der Waals surface area contributed by atoms with Gasteiger partial charge in [-0.25, -0.2) is 0 Å². The van der Waals surface area contributed by atoms with Gasteiger partial charge >= 0.3 is 0 Å². The lowest BCUT2D eigenvalue weighted by molar-refractivity contribution is 0.0255. The monoisotopic (exact) mass is 286 g/mol. The van der Waals surface area contributed by atoms with E-state index in [0.717, 1.165) is 24.8 Å². The molecule has 2 heteroatoms. The highest BCUT2D eigenvalue weighted by atomic mass is 15.3. The van der Waals surface area contributed by atoms with Gasteiger partial charge in [0, 0.05) is 31.2 Å². The van der Waals surface area contributed by atoms with Crippen molar-refractivity contribution < 1.29 is 0 Å². The van der Waals surface area contributed by atoms with Gasteiger partial charge in [0.15, 0.2) is 0 Å². The minimum atomic E-state index is 0.386. The fraction of sp³-hybridized carbons (Fsp3) is 0.684. The first-order chi connectivity index (χ1) is 10.1. The summed E-state index contributed by atoms with van der Waals surface area (Å²) >= 11 is 0. The molecule has 1 aromatic carbocycles. The Morgan fingerprint density at radius 1 is 1.24 bits per heavy atom. The summed E-state index contributed by atoms with van der Waals surface area (Å²) in [5.74, 6) is 1.67. The highest BCUT2D eigenvalue weighted by Crippen LogP contribution is 2.44. The van der Waals surface area contributed by atoms with Crippen molar-refractivity contribution in [2.45, 2.75) is 51.6 Å². The molecule has 2 unspecified atom stereocenters. The largest absolute Gasteiger partial charge is 0.311 e. The van der Waals surface area contributed by atoms with Crippen molar-refractivity contribution in [1.82, 2.24) is 10.2 Å². The zero-order chi connectivity index (χ0) is 14.9. The summed E-state index contributed by atoms with van der Waals surface area (Å²) in [6, 6.07) is 11.5. The van der Waals surface area contributed by atoms with Crippen molar-refractivity contribution in [2.75, 3.05) is 19.6 Å². The third-order valence-electron chi connectivity index (χ3n) is 5.28. The van der Waals surface area contributed by atoms with Crippen molar-refractivity contribution in [2.24, 2.45) is 11.8 Å². The van der Waals surface area contributed by atoms with E-state index in [2.05, 4.69) is 61.3 Å². The number of hydrogen-bond donors (Lipinski definition) is 1. The predicted molar refractivity (Wildman–Crippen MR) is 89.5 cm³/mol. The van der Waals surface area contributed by atoms with Gasteiger partial charge in [0.2, 0.25) is 0 Å². The lowest BCUT2D eigenvalue weighted by atomic mass is 9.87. The van der Waals surface area contributed by atoms with Gasteiger partial charge in [-0.2, -0.15) is 0 Å². The Bertz CT molecular complexity index is 452. The van der Waals surface area contributed by atoms with Crippen LogP contribution in [0.15, 0.2) is 30.3 Å². The second kappa shape index (κ2) is 6.10. The molecule has 0 bridgehead atoms. The second-order valence-corrected chi connectivity index (χ2v) is 7.70. The minimum absolute atomic E-state index is 0.386. The molecule has 1 saturated carbocycles. The molecule has 0 spiro atoms. The van der Waals surface area contributed by atoms with E-state index >= 15 is 0 Å². The molecule has 2 atom stereocenters. The highest BCUT2D eigenvalue weighted by molar-refractivity contribution is 5.17. The van der Waals surface area contributed by atoms with Gasteiger partial charge in [0.05, 0.1) is 0 Å². The summed E-state index contributed by atoms with van der Waals surface area (Å²) in [5.41, 5.74) is 1.84. The van der Waals surface area contributed by atoms with Crippen LogP contribution in [0, 0.1) is 11.8 Å². The Morgan fingerprint density at radius 2 is 1.95 bits per heavy atom. The number of rotatable bonds is 5. The average molecular weight is 286 g/mol. The van der Waals surface area contributed by atoms with E-state index in [1.165, 1.54) is 31.5 Å². The molecule has 2 aliphatic rings. The molecule has 0 radical (unpaired) electrons. The highest BCUT2D eigenvalue weighted by Gasteiger charge is 2.48. The van der Waals surface area contributed by atoms with Crippen molar-refractivity contribution in [3.63, 3.8) is 0 Å². The number of nitrogens with zero attached hydrogens (tertiary/aromatic N) is 1. The Hall–Kier alpha value is -0.860. The summed E-state index contributed by atoms with van der Waals surface area (Å²) in [4.78, 5) is 2.79. The lowest BCUT2D eigenvalue weighted by Crippen LogP contribution is -2.65. The summed E-state index contributed by atoms with van der Waals surface area (Å²) in [7, 11) is 0. The molecule has 1 saturated heterocycles. The summed E-state index contributed by atoms with van der Waals surface area (Å²) in [6.45, 7) is 10.8. The third-order valence-corrected chi connectivity index (χ3v) is 5.28. The van der Waals surface area contributed by atoms with Crippen molar-refractivity contribution >= 4 is 0 Å². The minimum Gasteiger partial charge on any atom is -0.311 e. The van der Waals surface area contributed by atoms with Crippen LogP contribution >= 0.6 is 0 Å². The predicted octanol–water partition coefficient (Wildman–Crippen LogP) is 3.33. The molecular formula is C19H30N2. The first kappa shape index (κ1) is 15.1. The molecule has 0 aromatic heterocycles. The molecule has 1 aromatic rings. The molecule has 116 valence electrons. The first-order valence-corrected chi connectivity index (χ1v) is 8.60. The maximum absolute atomic E-state index is 3.84. The Labute approximate surface area is 129 Å². The van der Waals surface area contributed by atoms with Gasteiger partial charge in [0.1, 0.15) is 0 Å². The molecule has 2 fully saturated rings. The molecule has 1 N–H and O–H groups in total. The molecule has 1 heterocycles. The quantitative estimate of drug-likeness (QED) is 0.893. The van der Waals surface area contributed by atoms with Crippen LogP contribution in [0.1, 0.15) is 39.2 Å². The fourth-order valence-electron chi connectivity index (χ4n) is 3.87. The van der Waals surface area contributed by atoms with Crippen LogP contribution in [-0.4, -0.2) is 36.1 Å². The van der Waals surface area contributed by atoms with Gasteiger partial charge in [-0.15, -0.1) is 0 Å². The van der Waals surface area contributed by atoms with Crippen LogP contribution in [0.25, 0.3) is 0 Å². The van der Waals surface area contributed by atoms with E-state index in [1.54, 1.807) is 0 Å². The van der Waals surface area contributed by atoms with Crippen LogP contribution in [0.5, 0.6) is 0 Å². The van der Waals surface area contributed by atoms with E-state index in [0.29, 0.717) is 11.6 Å². The topological polar surface area (TPSA) is 15.3 Å². The third kappa shape index (κ3) is 3.49. The fourth-order valence-corrected chi connectivity index (χ4v) is 3.87. The standard InChI is InChI=1S/C19H30N2/c1-15(2)12-21-13-18(11-16-7-5-4-6-8-16)20-14-19(21,3)17-9-10-17/h4-8,15,17-18,20H,9-14H2,1-3H3. The zero-order valence-corrected chi connectivity index (χ0v) is 13.8. The second-order valence-electron chi connectivity index (χ2n) is 7.70. The van der Waals surface area contributed by atoms with Crippen LogP contribution in [0.2, 0.25) is 0 Å². The van der Waals surface area contributed by atoms with Crippen molar-refractivity contribution in [3.05, 3.63) is 35.9 Å². The van der Waals surface area contributed by atoms with Gasteiger partial charge < -0.3 is 5.32 Å². The number of hydrogen-bond acceptors (Lipinski definition) is 2. The van der Waals surface area contributed by atoms with Gasteiger partial charge in [-0.3, -0.25) is 4.90 Å². The molecule has 21 heavy (non-hydrogen) atoms. The normalized spacial score (nSPS) is 30.8. The molecule has 2 nitrogen and oxygen atoms in total. The summed E-state index contributed by atoms with van der Waals surface area (Å²) in [5, 5.41) is 3.84. The van der Waals surface area contributed by atoms with Crippen molar-refractivity contribution in [1.29, 1.82) is 0 Å². The lowest BCUT2D eigenvalue weighted by Gasteiger charge is -2.49. The molecular weight excluding hydrogens is 256 g/mol. The number of benzene rings is 1. The Kier molecular flexibility index (Phi) is 4.37. The SMILES string of the molecule is CC(C)CN1CC(Cc2ccccc2)NCC1(C)C1CC1. The molecule has 3 rings (SSSR count). The van der Waals surface area contributed by atoms with Crippen LogP contribution in [-0.2, 0) is 6.42 Å². The van der Waals surface area contributed by atoms with Crippen LogP contribution < -0.4 is 5.32 Å². The molecule has 1 aliphatic heterocycles. The van der Waals surface area contributed by atoms with E-state index in [-0.39, 0.29) is 0 Å². The van der Waals surface area contributed by atoms with Crippen molar-refractivity contribution in [3.8, 4) is 0 Å². The smallest absolute Gasteiger partial charge is 0.0334 e. The van der Waals surface area contributed by atoms with Crippen LogP contribution in [0.4, 0.5) is 0 Å². The van der Waals surface area contributed by atoms with E-state index < -0.39 is 0 Å². The number of nitrogens with one attached hydrogen (secondary N) is 1. The van der Waals surface area contributed by atoms with Gasteiger partial charge in [-0.05, 0) is 43.6 Å². The van der Waals surface area contributed by atoms with Crippen LogP contribution in [0.3, 0.4) is 0 Å². The zero-order valence-electron chi connectivity index (χ0n) is 13.8. The maximum Gasteiger partial charge on any atom is 0.0334 e. The summed E-state index contributed by atoms with van der Waals surface area (Å²) in [6.07, 6.45) is 4.00. The molecule has 0 amide bonds. The van der Waals surface area contributed by atoms with Gasteiger partial charge in [0.25, 0.3) is 0 Å². The van der Waals surface area contributed by atoms with E-state index in [4.69, 9.17) is 0 Å². The van der Waals surface area contributed by atoms with Gasteiger partial charge in [-0.1, -0.05) is 44.2 Å². The van der Waals surface area contributed by atoms with E-state index in [1.807, 2.05) is 0 Å². The Morgan fingerprint density at radius 3 is 2.57 bits per heavy atom. The summed E-state index contributed by atoms with van der Waals surface area (Å²) < 4.78 is 0. The number of piperazine rings is 1. The van der Waals surface area contributed by atoms with E-state index in [9.17, 15) is 0 Å².